The first-order valence-electron chi connectivity index (χ1n) is 8.26. The second-order valence-corrected chi connectivity index (χ2v) is 7.24. The van der Waals surface area contributed by atoms with E-state index in [-0.39, 0.29) is 17.7 Å². The number of halogens is 1. The summed E-state index contributed by atoms with van der Waals surface area (Å²) in [5, 5.41) is 24.9. The van der Waals surface area contributed by atoms with Gasteiger partial charge >= 0.3 is 0 Å². The lowest BCUT2D eigenvalue weighted by atomic mass is 10.0. The highest BCUT2D eigenvalue weighted by molar-refractivity contribution is 9.10. The molecule has 29 heavy (non-hydrogen) atoms. The fraction of sp³-hybridized carbons (Fsp3) is 0.222. The highest BCUT2D eigenvalue weighted by Gasteiger charge is 2.27. The van der Waals surface area contributed by atoms with E-state index in [2.05, 4.69) is 21.2 Å². The Morgan fingerprint density at radius 1 is 1.10 bits per heavy atom. The molecule has 0 saturated carbocycles. The molecule has 152 valence electrons. The maximum atomic E-state index is 12.7. The minimum atomic E-state index is -0.813. The minimum absolute atomic E-state index is 0.0124. The summed E-state index contributed by atoms with van der Waals surface area (Å²) in [6, 6.07) is 7.04. The first kappa shape index (κ1) is 22.0. The van der Waals surface area contributed by atoms with E-state index in [1.807, 2.05) is 6.07 Å². The van der Waals surface area contributed by atoms with Gasteiger partial charge in [0.1, 0.15) is 0 Å². The lowest BCUT2D eigenvalue weighted by Crippen LogP contribution is -2.35. The molecular weight excluding hydrogens is 448 g/mol. The van der Waals surface area contributed by atoms with Crippen LogP contribution in [0.3, 0.4) is 0 Å². The molecule has 0 saturated heterocycles. The Labute approximate surface area is 173 Å². The second-order valence-electron chi connectivity index (χ2n) is 6.32. The Hall–Kier alpha value is -3.34. The molecule has 0 unspecified atom stereocenters. The van der Waals surface area contributed by atoms with E-state index < -0.39 is 33.0 Å². The van der Waals surface area contributed by atoms with Gasteiger partial charge in [-0.1, -0.05) is 15.9 Å². The zero-order valence-electron chi connectivity index (χ0n) is 15.8. The number of anilines is 1. The van der Waals surface area contributed by atoms with Gasteiger partial charge in [-0.05, 0) is 37.6 Å². The van der Waals surface area contributed by atoms with Crippen molar-refractivity contribution in [3.8, 4) is 0 Å². The van der Waals surface area contributed by atoms with Crippen molar-refractivity contribution in [2.24, 2.45) is 0 Å². The number of likely N-dealkylation sites (N-methyl/N-ethyl adjacent to an activating group) is 1. The van der Waals surface area contributed by atoms with E-state index in [0.29, 0.717) is 5.69 Å². The molecule has 0 spiro atoms. The van der Waals surface area contributed by atoms with Crippen LogP contribution in [0.2, 0.25) is 0 Å². The molecule has 1 N–H and O–H groups in total. The first-order chi connectivity index (χ1) is 13.5. The van der Waals surface area contributed by atoms with Crippen LogP contribution >= 0.6 is 15.9 Å². The molecule has 0 heterocycles. The predicted molar refractivity (Wildman–Crippen MR) is 109 cm³/mol. The number of nitro benzene ring substituents is 2. The second kappa shape index (κ2) is 8.78. The third-order valence-electron chi connectivity index (χ3n) is 4.19. The number of nitrogens with one attached hydrogen (secondary N) is 1. The van der Waals surface area contributed by atoms with Crippen LogP contribution in [0.15, 0.2) is 34.8 Å². The van der Waals surface area contributed by atoms with Crippen LogP contribution in [0.5, 0.6) is 0 Å². The van der Waals surface area contributed by atoms with Crippen molar-refractivity contribution < 1.29 is 19.4 Å². The minimum Gasteiger partial charge on any atom is -0.332 e. The van der Waals surface area contributed by atoms with Crippen LogP contribution in [0.25, 0.3) is 0 Å². The average Bonchev–Trinajstić information content (AvgIpc) is 2.63. The smallest absolute Gasteiger partial charge is 0.279 e. The van der Waals surface area contributed by atoms with Crippen molar-refractivity contribution >= 4 is 44.8 Å². The Bertz CT molecular complexity index is 1020. The van der Waals surface area contributed by atoms with Gasteiger partial charge in [0, 0.05) is 28.8 Å². The van der Waals surface area contributed by atoms with Gasteiger partial charge < -0.3 is 10.2 Å². The molecule has 0 aromatic heterocycles. The molecule has 2 aromatic carbocycles. The standard InChI is InChI=1S/C18H17BrN4O6/c1-10-6-12(19)4-5-15(10)20-17(24)9-21(3)18(25)14-7-13(22(26)27)8-16(11(14)2)23(28)29/h4-8H,9H2,1-3H3,(H,20,24). The molecule has 2 aromatic rings. The topological polar surface area (TPSA) is 136 Å². The van der Waals surface area contributed by atoms with Gasteiger partial charge in [-0.2, -0.15) is 0 Å². The number of rotatable bonds is 6. The molecule has 0 aliphatic heterocycles. The van der Waals surface area contributed by atoms with Crippen molar-refractivity contribution in [1.82, 2.24) is 4.90 Å². The van der Waals surface area contributed by atoms with E-state index >= 15 is 0 Å². The van der Waals surface area contributed by atoms with Crippen molar-refractivity contribution in [3.05, 3.63) is 71.7 Å². The van der Waals surface area contributed by atoms with Crippen molar-refractivity contribution in [2.75, 3.05) is 18.9 Å². The summed E-state index contributed by atoms with van der Waals surface area (Å²) >= 11 is 3.32. The molecule has 0 fully saturated rings. The molecule has 0 aliphatic rings. The molecule has 11 heteroatoms. The van der Waals surface area contributed by atoms with Gasteiger partial charge in [0.25, 0.3) is 17.3 Å². The van der Waals surface area contributed by atoms with Crippen LogP contribution in [0, 0.1) is 34.1 Å². The van der Waals surface area contributed by atoms with Crippen LogP contribution in [-0.4, -0.2) is 40.2 Å². The first-order valence-corrected chi connectivity index (χ1v) is 9.05. The molecular formula is C18H17BrN4O6. The number of hydrogen-bond acceptors (Lipinski definition) is 6. The summed E-state index contributed by atoms with van der Waals surface area (Å²) < 4.78 is 0.850. The summed E-state index contributed by atoms with van der Waals surface area (Å²) in [6.45, 7) is 2.79. The van der Waals surface area contributed by atoms with Gasteiger partial charge in [-0.25, -0.2) is 0 Å². The van der Waals surface area contributed by atoms with Gasteiger partial charge in [0.2, 0.25) is 5.91 Å². The monoisotopic (exact) mass is 464 g/mol. The maximum absolute atomic E-state index is 12.7. The van der Waals surface area contributed by atoms with Crippen molar-refractivity contribution in [1.29, 1.82) is 0 Å². The lowest BCUT2D eigenvalue weighted by Gasteiger charge is -2.18. The number of aryl methyl sites for hydroxylation is 1. The van der Waals surface area contributed by atoms with E-state index in [0.717, 1.165) is 27.1 Å². The summed E-state index contributed by atoms with van der Waals surface area (Å²) in [4.78, 5) is 46.7. The van der Waals surface area contributed by atoms with Gasteiger partial charge in [0.15, 0.2) is 0 Å². The molecule has 0 bridgehead atoms. The maximum Gasteiger partial charge on any atom is 0.279 e. The number of benzene rings is 2. The number of nitrogens with zero attached hydrogens (tertiary/aromatic N) is 3. The third-order valence-corrected chi connectivity index (χ3v) is 4.69. The summed E-state index contributed by atoms with van der Waals surface area (Å²) in [5.74, 6) is -1.22. The SMILES string of the molecule is Cc1cc(Br)ccc1NC(=O)CN(C)C(=O)c1cc([N+](=O)[O-])cc([N+](=O)[O-])c1C. The number of nitro groups is 2. The Balaban J connectivity index is 2.24. The molecule has 10 nitrogen and oxygen atoms in total. The number of carbonyl (C=O) groups is 2. The van der Waals surface area contributed by atoms with Crippen LogP contribution in [-0.2, 0) is 4.79 Å². The van der Waals surface area contributed by atoms with E-state index in [4.69, 9.17) is 0 Å². The number of carbonyl (C=O) groups excluding carboxylic acids is 2. The third kappa shape index (κ3) is 5.13. The Morgan fingerprint density at radius 3 is 2.31 bits per heavy atom. The Kier molecular flexibility index (Phi) is 6.64. The summed E-state index contributed by atoms with van der Waals surface area (Å²) in [7, 11) is 1.33. The van der Waals surface area contributed by atoms with Gasteiger partial charge in [0.05, 0.1) is 28.0 Å². The largest absolute Gasteiger partial charge is 0.332 e. The lowest BCUT2D eigenvalue weighted by molar-refractivity contribution is -0.394. The van der Waals surface area contributed by atoms with Crippen molar-refractivity contribution in [3.63, 3.8) is 0 Å². The zero-order chi connectivity index (χ0) is 21.9. The molecule has 0 atom stereocenters. The van der Waals surface area contributed by atoms with Crippen LogP contribution < -0.4 is 5.32 Å². The normalized spacial score (nSPS) is 10.3. The molecule has 2 amide bonds. The summed E-state index contributed by atoms with van der Waals surface area (Å²) in [5.41, 5.74) is 0.0515. The van der Waals surface area contributed by atoms with E-state index in [9.17, 15) is 29.8 Å². The van der Waals surface area contributed by atoms with Gasteiger partial charge in [-0.15, -0.1) is 0 Å². The molecule has 0 aliphatic carbocycles. The number of amides is 2. The quantitative estimate of drug-likeness (QED) is 0.512. The highest BCUT2D eigenvalue weighted by Crippen LogP contribution is 2.28. The summed E-state index contributed by atoms with van der Waals surface area (Å²) in [6.07, 6.45) is 0. The van der Waals surface area contributed by atoms with Gasteiger partial charge in [-0.3, -0.25) is 29.8 Å². The van der Waals surface area contributed by atoms with Crippen molar-refractivity contribution in [2.45, 2.75) is 13.8 Å². The molecule has 0 radical (unpaired) electrons. The average molecular weight is 465 g/mol. The number of hydrogen-bond donors (Lipinski definition) is 1. The van der Waals surface area contributed by atoms with Crippen LogP contribution in [0.4, 0.5) is 17.1 Å². The molecule has 2 rings (SSSR count). The highest BCUT2D eigenvalue weighted by atomic mass is 79.9. The van der Waals surface area contributed by atoms with E-state index in [1.165, 1.54) is 14.0 Å². The van der Waals surface area contributed by atoms with Crippen LogP contribution in [0.1, 0.15) is 21.5 Å². The fourth-order valence-corrected chi connectivity index (χ4v) is 3.13. The fourth-order valence-electron chi connectivity index (χ4n) is 2.65. The van der Waals surface area contributed by atoms with E-state index in [1.54, 1.807) is 19.1 Å². The Morgan fingerprint density at radius 2 is 1.76 bits per heavy atom. The zero-order valence-corrected chi connectivity index (χ0v) is 17.3. The predicted octanol–water partition coefficient (Wildman–Crippen LogP) is 3.59. The number of non-ortho nitro benzene ring substituents is 1.